The van der Waals surface area contributed by atoms with E-state index in [0.717, 1.165) is 28.0 Å². The van der Waals surface area contributed by atoms with Crippen molar-refractivity contribution in [2.75, 3.05) is 5.75 Å². The van der Waals surface area contributed by atoms with Gasteiger partial charge in [0.2, 0.25) is 5.16 Å². The molecule has 98 valence electrons. The zero-order valence-electron chi connectivity index (χ0n) is 11.2. The van der Waals surface area contributed by atoms with Crippen LogP contribution in [0.15, 0.2) is 34.8 Å². The van der Waals surface area contributed by atoms with Gasteiger partial charge in [-0.15, -0.1) is 10.2 Å². The van der Waals surface area contributed by atoms with E-state index in [0.29, 0.717) is 0 Å². The monoisotopic (exact) mass is 273 g/mol. The van der Waals surface area contributed by atoms with Gasteiger partial charge in [0, 0.05) is 29.1 Å². The number of fused-ring (bicyclic) bond motifs is 1. The average molecular weight is 273 g/mol. The quantitative estimate of drug-likeness (QED) is 0.801. The maximum Gasteiger partial charge on any atom is 0.212 e. The topological polar surface area (TPSA) is 56.0 Å². The smallest absolute Gasteiger partial charge is 0.212 e. The van der Waals surface area contributed by atoms with Crippen LogP contribution in [0, 0.1) is 5.41 Å². The number of thioether (sulfide) groups is 1. The van der Waals surface area contributed by atoms with E-state index in [1.54, 1.807) is 24.2 Å². The SMILES string of the molecule is CC(C)(C)C1=Nn2c(nnc2-c2ccncc2)SC1. The molecule has 0 amide bonds. The van der Waals surface area contributed by atoms with Crippen LogP contribution in [0.4, 0.5) is 0 Å². The Labute approximate surface area is 116 Å². The van der Waals surface area contributed by atoms with Gasteiger partial charge in [-0.25, -0.2) is 0 Å². The Hall–Kier alpha value is -1.69. The van der Waals surface area contributed by atoms with E-state index in [1.165, 1.54) is 0 Å². The fourth-order valence-electron chi connectivity index (χ4n) is 1.78. The highest BCUT2D eigenvalue weighted by Gasteiger charge is 2.26. The largest absolute Gasteiger partial charge is 0.265 e. The summed E-state index contributed by atoms with van der Waals surface area (Å²) in [5, 5.41) is 14.0. The molecule has 19 heavy (non-hydrogen) atoms. The van der Waals surface area contributed by atoms with Gasteiger partial charge in [0.05, 0.1) is 5.71 Å². The summed E-state index contributed by atoms with van der Waals surface area (Å²) in [6.45, 7) is 6.52. The minimum Gasteiger partial charge on any atom is -0.265 e. The molecule has 0 spiro atoms. The zero-order valence-corrected chi connectivity index (χ0v) is 12.0. The number of aromatic nitrogens is 4. The molecule has 0 aliphatic carbocycles. The Bertz CT molecular complexity index is 624. The highest BCUT2D eigenvalue weighted by molar-refractivity contribution is 7.99. The van der Waals surface area contributed by atoms with E-state index in [4.69, 9.17) is 5.10 Å². The summed E-state index contributed by atoms with van der Waals surface area (Å²) in [5.41, 5.74) is 2.19. The van der Waals surface area contributed by atoms with Crippen molar-refractivity contribution in [3.8, 4) is 11.4 Å². The average Bonchev–Trinajstić information content (AvgIpc) is 2.81. The maximum absolute atomic E-state index is 4.72. The predicted molar refractivity (Wildman–Crippen MR) is 76.3 cm³/mol. The third-order valence-corrected chi connectivity index (χ3v) is 3.91. The van der Waals surface area contributed by atoms with E-state index in [-0.39, 0.29) is 5.41 Å². The Morgan fingerprint density at radius 3 is 2.58 bits per heavy atom. The van der Waals surface area contributed by atoms with Crippen LogP contribution in [0.5, 0.6) is 0 Å². The molecule has 0 atom stereocenters. The van der Waals surface area contributed by atoms with Crippen molar-refractivity contribution >= 4 is 17.5 Å². The molecule has 0 saturated carbocycles. The molecule has 1 aliphatic heterocycles. The van der Waals surface area contributed by atoms with Gasteiger partial charge in [-0.05, 0) is 12.1 Å². The van der Waals surface area contributed by atoms with Crippen molar-refractivity contribution in [3.63, 3.8) is 0 Å². The van der Waals surface area contributed by atoms with Crippen LogP contribution >= 0.6 is 11.8 Å². The first-order valence-corrected chi connectivity index (χ1v) is 7.11. The van der Waals surface area contributed by atoms with Gasteiger partial charge in [-0.3, -0.25) is 4.98 Å². The summed E-state index contributed by atoms with van der Waals surface area (Å²) in [7, 11) is 0. The van der Waals surface area contributed by atoms with E-state index in [2.05, 4.69) is 36.0 Å². The second kappa shape index (κ2) is 4.45. The lowest BCUT2D eigenvalue weighted by molar-refractivity contribution is 0.574. The molecule has 0 saturated heterocycles. The van der Waals surface area contributed by atoms with Gasteiger partial charge in [0.25, 0.3) is 0 Å². The third kappa shape index (κ3) is 2.28. The summed E-state index contributed by atoms with van der Waals surface area (Å²) in [6, 6.07) is 3.84. The highest BCUT2D eigenvalue weighted by atomic mass is 32.2. The molecule has 3 heterocycles. The van der Waals surface area contributed by atoms with Crippen molar-refractivity contribution in [3.05, 3.63) is 24.5 Å². The Kier molecular flexibility index (Phi) is 2.89. The van der Waals surface area contributed by atoms with Crippen LogP contribution in [0.2, 0.25) is 0 Å². The van der Waals surface area contributed by atoms with Gasteiger partial charge in [-0.2, -0.15) is 9.78 Å². The first kappa shape index (κ1) is 12.3. The van der Waals surface area contributed by atoms with E-state index in [9.17, 15) is 0 Å². The number of nitrogens with zero attached hydrogens (tertiary/aromatic N) is 5. The van der Waals surface area contributed by atoms with Crippen LogP contribution in [-0.4, -0.2) is 31.3 Å². The number of hydrogen-bond donors (Lipinski definition) is 0. The van der Waals surface area contributed by atoms with Crippen molar-refractivity contribution in [1.82, 2.24) is 19.9 Å². The molecule has 0 fully saturated rings. The molecule has 3 rings (SSSR count). The van der Waals surface area contributed by atoms with Gasteiger partial charge in [-0.1, -0.05) is 32.5 Å². The zero-order chi connectivity index (χ0) is 13.5. The fraction of sp³-hybridized carbons (Fsp3) is 0.385. The van der Waals surface area contributed by atoms with E-state index < -0.39 is 0 Å². The lowest BCUT2D eigenvalue weighted by atomic mass is 9.91. The summed E-state index contributed by atoms with van der Waals surface area (Å²) >= 11 is 1.68. The molecule has 0 aromatic carbocycles. The standard InChI is InChI=1S/C13H15N5S/c1-13(2,3)10-8-19-12-16-15-11(18(12)17-10)9-4-6-14-7-5-9/h4-7H,8H2,1-3H3. The first-order valence-electron chi connectivity index (χ1n) is 6.12. The summed E-state index contributed by atoms with van der Waals surface area (Å²) in [5.74, 6) is 1.64. The molecule has 2 aromatic heterocycles. The fourth-order valence-corrected chi connectivity index (χ4v) is 2.88. The van der Waals surface area contributed by atoms with Crippen LogP contribution in [0.25, 0.3) is 11.4 Å². The van der Waals surface area contributed by atoms with E-state index >= 15 is 0 Å². The maximum atomic E-state index is 4.72. The molecule has 5 nitrogen and oxygen atoms in total. The molecule has 0 N–H and O–H groups in total. The number of pyridine rings is 1. The molecular formula is C13H15N5S. The molecular weight excluding hydrogens is 258 g/mol. The van der Waals surface area contributed by atoms with Gasteiger partial charge >= 0.3 is 0 Å². The Morgan fingerprint density at radius 2 is 1.89 bits per heavy atom. The van der Waals surface area contributed by atoms with Gasteiger partial charge in [0.1, 0.15) is 0 Å². The van der Waals surface area contributed by atoms with Crippen molar-refractivity contribution in [2.45, 2.75) is 25.9 Å². The van der Waals surface area contributed by atoms with Gasteiger partial charge < -0.3 is 0 Å². The van der Waals surface area contributed by atoms with Crippen LogP contribution < -0.4 is 0 Å². The highest BCUT2D eigenvalue weighted by Crippen LogP contribution is 2.31. The van der Waals surface area contributed by atoms with Crippen molar-refractivity contribution in [2.24, 2.45) is 10.5 Å². The summed E-state index contributed by atoms with van der Waals surface area (Å²) in [4.78, 5) is 4.02. The lowest BCUT2D eigenvalue weighted by Crippen LogP contribution is -2.26. The molecule has 0 unspecified atom stereocenters. The summed E-state index contributed by atoms with van der Waals surface area (Å²) in [6.07, 6.45) is 3.50. The van der Waals surface area contributed by atoms with E-state index in [1.807, 2.05) is 16.8 Å². The van der Waals surface area contributed by atoms with Crippen LogP contribution in [0.1, 0.15) is 20.8 Å². The Morgan fingerprint density at radius 1 is 1.16 bits per heavy atom. The van der Waals surface area contributed by atoms with Crippen molar-refractivity contribution in [1.29, 1.82) is 0 Å². The minimum atomic E-state index is 0.0600. The molecule has 0 radical (unpaired) electrons. The molecule has 2 aromatic rings. The Balaban J connectivity index is 2.10. The first-order chi connectivity index (χ1) is 9.05. The number of rotatable bonds is 1. The normalized spacial score (nSPS) is 15.0. The molecule has 6 heteroatoms. The molecule has 0 bridgehead atoms. The number of hydrogen-bond acceptors (Lipinski definition) is 5. The molecule has 1 aliphatic rings. The van der Waals surface area contributed by atoms with Crippen LogP contribution in [-0.2, 0) is 0 Å². The van der Waals surface area contributed by atoms with Crippen LogP contribution in [0.3, 0.4) is 0 Å². The van der Waals surface area contributed by atoms with Gasteiger partial charge in [0.15, 0.2) is 5.82 Å². The lowest BCUT2D eigenvalue weighted by Gasteiger charge is -2.24. The minimum absolute atomic E-state index is 0.0600. The summed E-state index contributed by atoms with van der Waals surface area (Å²) < 4.78 is 1.84. The van der Waals surface area contributed by atoms with Crippen molar-refractivity contribution < 1.29 is 0 Å². The third-order valence-electron chi connectivity index (χ3n) is 2.98. The second-order valence-corrected chi connectivity index (χ2v) is 6.38. The second-order valence-electron chi connectivity index (χ2n) is 5.44. The predicted octanol–water partition coefficient (Wildman–Crippen LogP) is 2.70.